The predicted octanol–water partition coefficient (Wildman–Crippen LogP) is 3.36. The van der Waals surface area contributed by atoms with E-state index >= 15 is 0 Å². The SMILES string of the molecule is CCOP(O)(=S)c1ccccc1.C[C@@H](N)c1ccccc1. The molecule has 0 spiro atoms. The predicted molar refractivity (Wildman–Crippen MR) is 93.3 cm³/mol. The van der Waals surface area contributed by atoms with Crippen LogP contribution in [-0.2, 0) is 16.3 Å². The van der Waals surface area contributed by atoms with Crippen molar-refractivity contribution in [3.63, 3.8) is 0 Å². The molecule has 5 heteroatoms. The molecule has 21 heavy (non-hydrogen) atoms. The van der Waals surface area contributed by atoms with Crippen molar-refractivity contribution in [1.29, 1.82) is 0 Å². The van der Waals surface area contributed by atoms with Crippen molar-refractivity contribution >= 4 is 23.6 Å². The molecule has 0 saturated carbocycles. The van der Waals surface area contributed by atoms with Crippen LogP contribution in [0, 0.1) is 0 Å². The molecule has 0 aromatic heterocycles. The maximum Gasteiger partial charge on any atom is 0.216 e. The molecule has 0 aliphatic heterocycles. The monoisotopic (exact) mass is 323 g/mol. The fourth-order valence-electron chi connectivity index (χ4n) is 1.62. The summed E-state index contributed by atoms with van der Waals surface area (Å²) in [5.41, 5.74) is 6.81. The standard InChI is InChI=1S/C8H11N.C8H11O2PS/c1-7(9)8-5-3-2-4-6-8;1-2-10-11(9,12)8-6-4-3-5-7-8/h2-7H,9H2,1H3;3-7H,2H2,1H3,(H,9,12)/t7-;/m1./s1. The van der Waals surface area contributed by atoms with Crippen LogP contribution in [0.5, 0.6) is 0 Å². The molecule has 0 bridgehead atoms. The lowest BCUT2D eigenvalue weighted by Crippen LogP contribution is -2.05. The van der Waals surface area contributed by atoms with E-state index in [1.807, 2.05) is 62.4 Å². The molecule has 0 aliphatic carbocycles. The molecule has 2 aromatic rings. The fourth-order valence-corrected chi connectivity index (χ4v) is 3.35. The Labute approximate surface area is 131 Å². The average molecular weight is 323 g/mol. The fraction of sp³-hybridized carbons (Fsp3) is 0.250. The Balaban J connectivity index is 0.000000219. The van der Waals surface area contributed by atoms with E-state index in [0.717, 1.165) is 0 Å². The minimum atomic E-state index is -2.71. The number of nitrogens with two attached hydrogens (primary N) is 1. The van der Waals surface area contributed by atoms with Crippen molar-refractivity contribution in [1.82, 2.24) is 0 Å². The highest BCUT2D eigenvalue weighted by atomic mass is 32.5. The van der Waals surface area contributed by atoms with Crippen LogP contribution in [0.25, 0.3) is 0 Å². The lowest BCUT2D eigenvalue weighted by molar-refractivity contribution is 0.335. The number of hydrogen-bond acceptors (Lipinski definition) is 3. The molecule has 0 saturated heterocycles. The van der Waals surface area contributed by atoms with Crippen LogP contribution < -0.4 is 11.0 Å². The Bertz CT molecular complexity index is 561. The van der Waals surface area contributed by atoms with Gasteiger partial charge in [-0.2, -0.15) is 0 Å². The van der Waals surface area contributed by atoms with Gasteiger partial charge in [0.1, 0.15) is 0 Å². The van der Waals surface area contributed by atoms with Crippen molar-refractivity contribution in [2.45, 2.75) is 19.9 Å². The first-order valence-electron chi connectivity index (χ1n) is 6.81. The van der Waals surface area contributed by atoms with E-state index in [9.17, 15) is 4.89 Å². The molecule has 114 valence electrons. The van der Waals surface area contributed by atoms with Gasteiger partial charge in [0, 0.05) is 11.3 Å². The van der Waals surface area contributed by atoms with Crippen LogP contribution in [0.2, 0.25) is 0 Å². The van der Waals surface area contributed by atoms with Crippen molar-refractivity contribution < 1.29 is 9.42 Å². The molecule has 2 aromatic carbocycles. The summed E-state index contributed by atoms with van der Waals surface area (Å²) in [5, 5.41) is 0.710. The van der Waals surface area contributed by atoms with E-state index in [0.29, 0.717) is 11.9 Å². The van der Waals surface area contributed by atoms with E-state index < -0.39 is 6.49 Å². The topological polar surface area (TPSA) is 55.5 Å². The Morgan fingerprint density at radius 3 is 1.95 bits per heavy atom. The summed E-state index contributed by atoms with van der Waals surface area (Å²) in [5.74, 6) is 0. The summed E-state index contributed by atoms with van der Waals surface area (Å²) in [4.78, 5) is 9.69. The second-order valence-corrected chi connectivity index (χ2v) is 7.77. The molecule has 0 heterocycles. The molecule has 0 radical (unpaired) electrons. The highest BCUT2D eigenvalue weighted by Crippen LogP contribution is 2.40. The lowest BCUT2D eigenvalue weighted by atomic mass is 10.1. The van der Waals surface area contributed by atoms with Crippen LogP contribution in [0.4, 0.5) is 0 Å². The maximum atomic E-state index is 9.69. The van der Waals surface area contributed by atoms with Crippen molar-refractivity contribution in [2.24, 2.45) is 5.73 Å². The summed E-state index contributed by atoms with van der Waals surface area (Å²) in [7, 11) is 0. The first kappa shape index (κ1) is 18.0. The van der Waals surface area contributed by atoms with Gasteiger partial charge in [0.25, 0.3) is 0 Å². The zero-order chi connectivity index (χ0) is 15.7. The molecule has 1 unspecified atom stereocenters. The number of rotatable bonds is 4. The van der Waals surface area contributed by atoms with Gasteiger partial charge in [-0.05, 0) is 43.4 Å². The molecule has 0 amide bonds. The highest BCUT2D eigenvalue weighted by molar-refractivity contribution is 8.13. The van der Waals surface area contributed by atoms with Gasteiger partial charge in [-0.25, -0.2) is 0 Å². The maximum absolute atomic E-state index is 9.69. The molecule has 2 atom stereocenters. The Morgan fingerprint density at radius 2 is 1.57 bits per heavy atom. The minimum absolute atomic E-state index is 0.159. The van der Waals surface area contributed by atoms with E-state index in [2.05, 4.69) is 0 Å². The van der Waals surface area contributed by atoms with E-state index in [1.54, 1.807) is 12.1 Å². The Kier molecular flexibility index (Phi) is 7.79. The van der Waals surface area contributed by atoms with E-state index in [4.69, 9.17) is 22.1 Å². The summed E-state index contributed by atoms with van der Waals surface area (Å²) in [6.45, 7) is 1.54. The molecule has 0 fully saturated rings. The van der Waals surface area contributed by atoms with Crippen molar-refractivity contribution in [2.75, 3.05) is 6.61 Å². The average Bonchev–Trinajstić information content (AvgIpc) is 2.50. The van der Waals surface area contributed by atoms with Gasteiger partial charge in [0.15, 0.2) is 0 Å². The third-order valence-corrected chi connectivity index (χ3v) is 5.22. The second-order valence-electron chi connectivity index (χ2n) is 4.47. The van der Waals surface area contributed by atoms with Crippen molar-refractivity contribution in [3.05, 3.63) is 66.2 Å². The van der Waals surface area contributed by atoms with Gasteiger partial charge in [-0.3, -0.25) is 0 Å². The molecule has 3 nitrogen and oxygen atoms in total. The third-order valence-electron chi connectivity index (χ3n) is 2.71. The summed E-state index contributed by atoms with van der Waals surface area (Å²) < 4.78 is 5.10. The van der Waals surface area contributed by atoms with Gasteiger partial charge in [-0.15, -0.1) is 0 Å². The van der Waals surface area contributed by atoms with Gasteiger partial charge in [0.2, 0.25) is 6.49 Å². The number of benzene rings is 2. The summed E-state index contributed by atoms with van der Waals surface area (Å²) >= 11 is 4.95. The first-order chi connectivity index (χ1) is 9.97. The Morgan fingerprint density at radius 1 is 1.10 bits per heavy atom. The van der Waals surface area contributed by atoms with Gasteiger partial charge >= 0.3 is 0 Å². The van der Waals surface area contributed by atoms with Crippen LogP contribution in [0.3, 0.4) is 0 Å². The normalized spacial score (nSPS) is 14.5. The second kappa shape index (κ2) is 9.08. The smallest absolute Gasteiger partial charge is 0.216 e. The zero-order valence-corrected chi connectivity index (χ0v) is 14.1. The minimum Gasteiger partial charge on any atom is -0.342 e. The molecule has 0 aliphatic rings. The van der Waals surface area contributed by atoms with E-state index in [-0.39, 0.29) is 6.04 Å². The molecule has 3 N–H and O–H groups in total. The van der Waals surface area contributed by atoms with E-state index in [1.165, 1.54) is 5.56 Å². The third kappa shape index (κ3) is 6.51. The number of hydrogen-bond donors (Lipinski definition) is 2. The van der Waals surface area contributed by atoms with Crippen LogP contribution in [0.1, 0.15) is 25.5 Å². The Hall–Kier alpha value is -1.03. The quantitative estimate of drug-likeness (QED) is 0.847. The lowest BCUT2D eigenvalue weighted by Gasteiger charge is -2.13. The van der Waals surface area contributed by atoms with Crippen LogP contribution in [0.15, 0.2) is 60.7 Å². The molecular weight excluding hydrogens is 301 g/mol. The first-order valence-corrected chi connectivity index (χ1v) is 9.48. The summed E-state index contributed by atoms with van der Waals surface area (Å²) in [6, 6.07) is 19.3. The zero-order valence-electron chi connectivity index (χ0n) is 12.3. The van der Waals surface area contributed by atoms with Gasteiger partial charge in [0.05, 0.1) is 6.61 Å². The molecule has 2 rings (SSSR count). The summed E-state index contributed by atoms with van der Waals surface area (Å²) in [6.07, 6.45) is 0. The largest absolute Gasteiger partial charge is 0.342 e. The van der Waals surface area contributed by atoms with Crippen LogP contribution in [-0.4, -0.2) is 11.5 Å². The van der Waals surface area contributed by atoms with Gasteiger partial charge in [-0.1, -0.05) is 48.5 Å². The van der Waals surface area contributed by atoms with Crippen molar-refractivity contribution in [3.8, 4) is 0 Å². The van der Waals surface area contributed by atoms with Gasteiger partial charge < -0.3 is 15.2 Å². The molecular formula is C16H22NO2PS. The highest BCUT2D eigenvalue weighted by Gasteiger charge is 2.14. The van der Waals surface area contributed by atoms with Crippen LogP contribution >= 0.6 is 6.49 Å².